The van der Waals surface area contributed by atoms with Gasteiger partial charge in [-0.1, -0.05) is 30.9 Å². The Balaban J connectivity index is 1.98. The molecule has 2 aliphatic rings. The predicted octanol–water partition coefficient (Wildman–Crippen LogP) is 4.51. The summed E-state index contributed by atoms with van der Waals surface area (Å²) < 4.78 is 21.3. The van der Waals surface area contributed by atoms with E-state index in [0.717, 1.165) is 26.2 Å². The van der Waals surface area contributed by atoms with Gasteiger partial charge in [-0.05, 0) is 51.1 Å². The van der Waals surface area contributed by atoms with Crippen LogP contribution in [0.5, 0.6) is 0 Å². The number of rotatable bonds is 7. The number of hydrogen-bond acceptors (Lipinski definition) is 5. The molecule has 2 N–H and O–H groups in total. The molecule has 0 radical (unpaired) electrons. The molecule has 3 rings (SSSR count). The topological polar surface area (TPSA) is 71.7 Å². The molecule has 0 aromatic carbocycles. The Labute approximate surface area is 194 Å². The van der Waals surface area contributed by atoms with Crippen molar-refractivity contribution >= 4 is 17.3 Å². The fraction of sp³-hybridized carbons (Fsp3) is 0.308. The van der Waals surface area contributed by atoms with E-state index < -0.39 is 11.7 Å². The molecule has 1 aliphatic carbocycles. The molecule has 1 fully saturated rings. The summed E-state index contributed by atoms with van der Waals surface area (Å²) in [4.78, 5) is 21.2. The van der Waals surface area contributed by atoms with Crippen LogP contribution in [0.15, 0.2) is 78.6 Å². The number of primary amides is 1. The number of nitrogens with two attached hydrogens (primary N) is 1. The van der Waals surface area contributed by atoms with Crippen LogP contribution in [0.25, 0.3) is 5.57 Å². The molecule has 0 atom stereocenters. The Morgan fingerprint density at radius 1 is 1.24 bits per heavy atom. The first-order valence-corrected chi connectivity index (χ1v) is 11.0. The van der Waals surface area contributed by atoms with Gasteiger partial charge in [0.15, 0.2) is 0 Å². The number of nitrogens with zero attached hydrogens (tertiary/aromatic N) is 3. The number of likely N-dealkylation sites (N-methyl/N-ethyl adjacent to an activating group) is 1. The lowest BCUT2D eigenvalue weighted by molar-refractivity contribution is 0.0999. The summed E-state index contributed by atoms with van der Waals surface area (Å²) in [5.41, 5.74) is 6.47. The SMILES string of the molecule is C=C/C=C\C=C(/C)OC1=C/C(F)=C(/c2nc(N3CCN(C)CC3)ccc2C(N)=O)CCC=C1. The van der Waals surface area contributed by atoms with Crippen molar-refractivity contribution in [2.24, 2.45) is 5.73 Å². The number of amides is 1. The number of aromatic nitrogens is 1. The highest BCUT2D eigenvalue weighted by Gasteiger charge is 2.22. The summed E-state index contributed by atoms with van der Waals surface area (Å²) in [6.45, 7) is 8.86. The van der Waals surface area contributed by atoms with Gasteiger partial charge in [-0.2, -0.15) is 0 Å². The number of carbonyl (C=O) groups is 1. The van der Waals surface area contributed by atoms with Crippen molar-refractivity contribution in [1.29, 1.82) is 0 Å². The minimum absolute atomic E-state index is 0.212. The average molecular weight is 451 g/mol. The van der Waals surface area contributed by atoms with Gasteiger partial charge in [-0.15, -0.1) is 0 Å². The van der Waals surface area contributed by atoms with E-state index in [1.54, 1.807) is 49.4 Å². The van der Waals surface area contributed by atoms with Crippen LogP contribution in [0.4, 0.5) is 10.2 Å². The molecule has 0 saturated carbocycles. The third-order valence-corrected chi connectivity index (χ3v) is 5.52. The van der Waals surface area contributed by atoms with Gasteiger partial charge in [0, 0.05) is 37.8 Å². The maximum atomic E-state index is 15.5. The molecule has 0 bridgehead atoms. The van der Waals surface area contributed by atoms with E-state index in [-0.39, 0.29) is 5.56 Å². The lowest BCUT2D eigenvalue weighted by Gasteiger charge is -2.33. The number of ether oxygens (including phenoxy) is 1. The zero-order chi connectivity index (χ0) is 23.8. The number of anilines is 1. The van der Waals surface area contributed by atoms with Gasteiger partial charge < -0.3 is 20.3 Å². The number of carbonyl (C=O) groups excluding carboxylic acids is 1. The van der Waals surface area contributed by atoms with Crippen molar-refractivity contribution < 1.29 is 13.9 Å². The van der Waals surface area contributed by atoms with Crippen molar-refractivity contribution in [1.82, 2.24) is 9.88 Å². The lowest BCUT2D eigenvalue weighted by Crippen LogP contribution is -2.44. The molecule has 0 spiro atoms. The maximum absolute atomic E-state index is 15.5. The highest BCUT2D eigenvalue weighted by molar-refractivity contribution is 5.98. The fourth-order valence-corrected chi connectivity index (χ4v) is 3.68. The van der Waals surface area contributed by atoms with Crippen molar-refractivity contribution in [2.75, 3.05) is 38.1 Å². The summed E-state index contributed by atoms with van der Waals surface area (Å²) in [5.74, 6) is 0.561. The summed E-state index contributed by atoms with van der Waals surface area (Å²) >= 11 is 0. The van der Waals surface area contributed by atoms with E-state index in [0.29, 0.717) is 41.4 Å². The molecular weight excluding hydrogens is 419 g/mol. The summed E-state index contributed by atoms with van der Waals surface area (Å²) in [5, 5.41) is 0. The molecule has 7 heteroatoms. The van der Waals surface area contributed by atoms with Crippen LogP contribution >= 0.6 is 0 Å². The molecule has 1 aromatic heterocycles. The molecule has 174 valence electrons. The van der Waals surface area contributed by atoms with Crippen LogP contribution in [-0.4, -0.2) is 49.0 Å². The first kappa shape index (κ1) is 24.2. The van der Waals surface area contributed by atoms with E-state index in [4.69, 9.17) is 15.5 Å². The zero-order valence-electron chi connectivity index (χ0n) is 19.3. The number of piperazine rings is 1. The molecule has 0 unspecified atom stereocenters. The van der Waals surface area contributed by atoms with E-state index in [2.05, 4.69) is 23.4 Å². The predicted molar refractivity (Wildman–Crippen MR) is 131 cm³/mol. The van der Waals surface area contributed by atoms with Crippen molar-refractivity contribution in [2.45, 2.75) is 19.8 Å². The van der Waals surface area contributed by atoms with Crippen LogP contribution in [0.2, 0.25) is 0 Å². The van der Waals surface area contributed by atoms with Crippen LogP contribution in [-0.2, 0) is 4.74 Å². The Hall–Kier alpha value is -3.45. The third kappa shape index (κ3) is 6.52. The Morgan fingerprint density at radius 2 is 2.00 bits per heavy atom. The smallest absolute Gasteiger partial charge is 0.250 e. The minimum atomic E-state index is -0.631. The monoisotopic (exact) mass is 450 g/mol. The van der Waals surface area contributed by atoms with E-state index in [1.165, 1.54) is 6.08 Å². The molecular formula is C26H31FN4O2. The average Bonchev–Trinajstić information content (AvgIpc) is 2.77. The Morgan fingerprint density at radius 3 is 2.70 bits per heavy atom. The number of hydrogen-bond donors (Lipinski definition) is 1. The van der Waals surface area contributed by atoms with Crippen LogP contribution in [0, 0.1) is 0 Å². The van der Waals surface area contributed by atoms with Gasteiger partial charge in [-0.3, -0.25) is 4.79 Å². The van der Waals surface area contributed by atoms with Gasteiger partial charge in [0.1, 0.15) is 23.2 Å². The molecule has 1 aromatic rings. The summed E-state index contributed by atoms with van der Waals surface area (Å²) in [6.07, 6.45) is 12.9. The quantitative estimate of drug-likeness (QED) is 0.489. The van der Waals surface area contributed by atoms with Crippen molar-refractivity contribution in [3.05, 3.63) is 89.8 Å². The molecule has 6 nitrogen and oxygen atoms in total. The Kier molecular flexibility index (Phi) is 8.38. The number of pyridine rings is 1. The lowest BCUT2D eigenvalue weighted by atomic mass is 9.98. The second-order valence-electron chi connectivity index (χ2n) is 8.03. The molecule has 2 heterocycles. The van der Waals surface area contributed by atoms with Crippen LogP contribution in [0.1, 0.15) is 35.8 Å². The zero-order valence-corrected chi connectivity index (χ0v) is 19.3. The highest BCUT2D eigenvalue weighted by Crippen LogP contribution is 2.31. The third-order valence-electron chi connectivity index (χ3n) is 5.52. The van der Waals surface area contributed by atoms with Gasteiger partial charge in [0.2, 0.25) is 0 Å². The highest BCUT2D eigenvalue weighted by atomic mass is 19.1. The first-order valence-electron chi connectivity index (χ1n) is 11.0. The summed E-state index contributed by atoms with van der Waals surface area (Å²) in [6, 6.07) is 3.43. The van der Waals surface area contributed by atoms with E-state index in [9.17, 15) is 4.79 Å². The molecule has 1 saturated heterocycles. The van der Waals surface area contributed by atoms with Gasteiger partial charge >= 0.3 is 0 Å². The van der Waals surface area contributed by atoms with Gasteiger partial charge in [0.25, 0.3) is 5.91 Å². The van der Waals surface area contributed by atoms with Crippen LogP contribution < -0.4 is 10.6 Å². The maximum Gasteiger partial charge on any atom is 0.250 e. The standard InChI is InChI=1S/C26H31FN4O2/c1-4-5-6-9-19(2)33-20-10-7-8-11-21(23(27)18-20)25-22(26(28)32)12-13-24(29-25)31-16-14-30(3)15-17-31/h4-7,9-10,12-13,18H,1,8,11,14-17H2,2-3H3,(H2,28,32)/b6-5-,10-7?,19-9+,20-18?,23-21-. The second-order valence-corrected chi connectivity index (χ2v) is 8.03. The summed E-state index contributed by atoms with van der Waals surface area (Å²) in [7, 11) is 2.08. The number of halogens is 1. The van der Waals surface area contributed by atoms with Crippen LogP contribution in [0.3, 0.4) is 0 Å². The Bertz CT molecular complexity index is 1040. The van der Waals surface area contributed by atoms with E-state index >= 15 is 4.39 Å². The normalized spacial score (nSPS) is 20.4. The van der Waals surface area contributed by atoms with Crippen molar-refractivity contribution in [3.63, 3.8) is 0 Å². The molecule has 33 heavy (non-hydrogen) atoms. The minimum Gasteiger partial charge on any atom is -0.462 e. The molecule has 1 aliphatic heterocycles. The van der Waals surface area contributed by atoms with Crippen molar-refractivity contribution in [3.8, 4) is 0 Å². The number of allylic oxidation sites excluding steroid dienone is 10. The van der Waals surface area contributed by atoms with E-state index in [1.807, 2.05) is 6.08 Å². The largest absolute Gasteiger partial charge is 0.462 e. The van der Waals surface area contributed by atoms with Gasteiger partial charge in [0.05, 0.1) is 11.3 Å². The first-order chi connectivity index (χ1) is 15.9. The second kappa shape index (κ2) is 11.4. The van der Waals surface area contributed by atoms with Gasteiger partial charge in [-0.25, -0.2) is 9.37 Å². The fourth-order valence-electron chi connectivity index (χ4n) is 3.68. The molecule has 1 amide bonds.